The Morgan fingerprint density at radius 2 is 1.79 bits per heavy atom. The van der Waals surface area contributed by atoms with E-state index in [0.717, 1.165) is 32.4 Å². The van der Waals surface area contributed by atoms with E-state index in [9.17, 15) is 5.11 Å². The molecule has 0 saturated heterocycles. The molecular weight excluding hydrogens is 234 g/mol. The normalized spacial score (nSPS) is 19.1. The molecule has 0 radical (unpaired) electrons. The van der Waals surface area contributed by atoms with E-state index in [4.69, 9.17) is 0 Å². The van der Waals surface area contributed by atoms with Crippen molar-refractivity contribution in [3.63, 3.8) is 0 Å². The van der Waals surface area contributed by atoms with Crippen molar-refractivity contribution in [2.45, 2.75) is 57.5 Å². The Hall–Kier alpha value is -0.860. The third-order valence-electron chi connectivity index (χ3n) is 4.32. The zero-order valence-corrected chi connectivity index (χ0v) is 12.1. The monoisotopic (exact) mass is 261 g/mol. The van der Waals surface area contributed by atoms with Crippen LogP contribution in [0.3, 0.4) is 0 Å². The third kappa shape index (κ3) is 4.63. The van der Waals surface area contributed by atoms with E-state index >= 15 is 0 Å². The highest BCUT2D eigenvalue weighted by molar-refractivity contribution is 5.25. The minimum Gasteiger partial charge on any atom is -0.389 e. The molecule has 2 heteroatoms. The van der Waals surface area contributed by atoms with Gasteiger partial charge in [-0.05, 0) is 43.9 Å². The smallest absolute Gasteiger partial charge is 0.0771 e. The van der Waals surface area contributed by atoms with Gasteiger partial charge in [-0.1, -0.05) is 49.9 Å². The topological polar surface area (TPSA) is 32.3 Å². The van der Waals surface area contributed by atoms with Gasteiger partial charge < -0.3 is 10.4 Å². The number of aliphatic hydroxyl groups is 1. The van der Waals surface area contributed by atoms with Gasteiger partial charge >= 0.3 is 0 Å². The first-order valence-corrected chi connectivity index (χ1v) is 7.67. The average Bonchev–Trinajstić information content (AvgIpc) is 2.62. The van der Waals surface area contributed by atoms with Crippen molar-refractivity contribution in [2.75, 3.05) is 13.1 Å². The quantitative estimate of drug-likeness (QED) is 0.630. The van der Waals surface area contributed by atoms with Crippen LogP contribution < -0.4 is 5.32 Å². The summed E-state index contributed by atoms with van der Waals surface area (Å²) in [7, 11) is 0. The van der Waals surface area contributed by atoms with E-state index in [0.29, 0.717) is 0 Å². The molecule has 0 bridgehead atoms. The van der Waals surface area contributed by atoms with Gasteiger partial charge in [-0.25, -0.2) is 0 Å². The van der Waals surface area contributed by atoms with Gasteiger partial charge in [0, 0.05) is 6.54 Å². The molecule has 0 aromatic heterocycles. The first kappa shape index (κ1) is 14.5. The maximum atomic E-state index is 10.5. The Morgan fingerprint density at radius 1 is 1.11 bits per heavy atom. The summed E-state index contributed by atoms with van der Waals surface area (Å²) in [5.41, 5.74) is 2.31. The molecule has 0 aliphatic heterocycles. The molecule has 0 atom stereocenters. The molecule has 1 saturated carbocycles. The second-order valence-electron chi connectivity index (χ2n) is 5.99. The fourth-order valence-electron chi connectivity index (χ4n) is 3.00. The van der Waals surface area contributed by atoms with Gasteiger partial charge in [0.05, 0.1) is 5.60 Å². The van der Waals surface area contributed by atoms with Gasteiger partial charge in [0.1, 0.15) is 0 Å². The van der Waals surface area contributed by atoms with Crippen molar-refractivity contribution in [1.29, 1.82) is 0 Å². The minimum absolute atomic E-state index is 0.456. The van der Waals surface area contributed by atoms with E-state index in [1.807, 2.05) is 0 Å². The van der Waals surface area contributed by atoms with Crippen LogP contribution in [0.1, 0.15) is 49.7 Å². The molecule has 0 spiro atoms. The first-order valence-electron chi connectivity index (χ1n) is 7.67. The van der Waals surface area contributed by atoms with Crippen LogP contribution in [0.15, 0.2) is 24.3 Å². The van der Waals surface area contributed by atoms with Gasteiger partial charge in [0.25, 0.3) is 0 Å². The second-order valence-corrected chi connectivity index (χ2v) is 5.99. The zero-order chi connectivity index (χ0) is 13.6. The number of benzene rings is 1. The Bertz CT molecular complexity index is 381. The molecule has 0 unspecified atom stereocenters. The van der Waals surface area contributed by atoms with E-state index in [1.54, 1.807) is 0 Å². The molecule has 0 amide bonds. The maximum absolute atomic E-state index is 10.5. The van der Waals surface area contributed by atoms with Crippen molar-refractivity contribution in [2.24, 2.45) is 0 Å². The summed E-state index contributed by atoms with van der Waals surface area (Å²) in [5.74, 6) is 0. The Labute approximate surface area is 117 Å². The zero-order valence-electron chi connectivity index (χ0n) is 12.1. The highest BCUT2D eigenvalue weighted by atomic mass is 16.3. The van der Waals surface area contributed by atoms with E-state index in [2.05, 4.69) is 36.5 Å². The van der Waals surface area contributed by atoms with E-state index in [1.165, 1.54) is 36.8 Å². The summed E-state index contributed by atoms with van der Waals surface area (Å²) < 4.78 is 0. The molecule has 1 aliphatic rings. The Morgan fingerprint density at radius 3 is 2.47 bits per heavy atom. The van der Waals surface area contributed by atoms with Gasteiger partial charge in [-0.15, -0.1) is 0 Å². The standard InChI is InChI=1S/C17H27NO/c1-15-8-4-5-9-16(15)10-13-18-14-17(19)11-6-2-3-7-12-17/h4-5,8-9,18-19H,2-3,6-7,10-14H2,1H3. The van der Waals surface area contributed by atoms with Gasteiger partial charge in [0.2, 0.25) is 0 Å². The molecule has 1 fully saturated rings. The summed E-state index contributed by atoms with van der Waals surface area (Å²) in [6.07, 6.45) is 7.89. The van der Waals surface area contributed by atoms with Gasteiger partial charge in [-0.2, -0.15) is 0 Å². The average molecular weight is 261 g/mol. The molecular formula is C17H27NO. The van der Waals surface area contributed by atoms with Gasteiger partial charge in [0.15, 0.2) is 0 Å². The molecule has 106 valence electrons. The number of aryl methyl sites for hydroxylation is 1. The van der Waals surface area contributed by atoms with E-state index in [-0.39, 0.29) is 0 Å². The molecule has 2 nitrogen and oxygen atoms in total. The highest BCUT2D eigenvalue weighted by Crippen LogP contribution is 2.26. The van der Waals surface area contributed by atoms with Crippen molar-refractivity contribution in [3.8, 4) is 0 Å². The number of hydrogen-bond acceptors (Lipinski definition) is 2. The SMILES string of the molecule is Cc1ccccc1CCNCC1(O)CCCCCC1. The van der Waals surface area contributed by atoms with Crippen LogP contribution in [0.25, 0.3) is 0 Å². The lowest BCUT2D eigenvalue weighted by molar-refractivity contribution is 0.0256. The lowest BCUT2D eigenvalue weighted by atomic mass is 9.94. The summed E-state index contributed by atoms with van der Waals surface area (Å²) >= 11 is 0. The van der Waals surface area contributed by atoms with Crippen molar-refractivity contribution >= 4 is 0 Å². The summed E-state index contributed by atoms with van der Waals surface area (Å²) in [6, 6.07) is 8.53. The predicted molar refractivity (Wildman–Crippen MR) is 80.4 cm³/mol. The van der Waals surface area contributed by atoms with Crippen LogP contribution in [0, 0.1) is 6.92 Å². The molecule has 19 heavy (non-hydrogen) atoms. The lowest BCUT2D eigenvalue weighted by Gasteiger charge is -2.27. The van der Waals surface area contributed by atoms with Gasteiger partial charge in [-0.3, -0.25) is 0 Å². The Kier molecular flexibility index (Phi) is 5.41. The molecule has 0 heterocycles. The predicted octanol–water partition coefficient (Wildman–Crippen LogP) is 3.21. The third-order valence-corrected chi connectivity index (χ3v) is 4.32. The summed E-state index contributed by atoms with van der Waals surface area (Å²) in [6.45, 7) is 3.86. The number of nitrogens with one attached hydrogen (secondary N) is 1. The van der Waals surface area contributed by atoms with Crippen LogP contribution in [0.5, 0.6) is 0 Å². The molecule has 1 aromatic carbocycles. The maximum Gasteiger partial charge on any atom is 0.0771 e. The molecule has 1 aliphatic carbocycles. The largest absolute Gasteiger partial charge is 0.389 e. The second kappa shape index (κ2) is 7.06. The number of hydrogen-bond donors (Lipinski definition) is 2. The van der Waals surface area contributed by atoms with Crippen LogP contribution in [0.4, 0.5) is 0 Å². The van der Waals surface area contributed by atoms with E-state index < -0.39 is 5.60 Å². The van der Waals surface area contributed by atoms with Crippen LogP contribution in [0.2, 0.25) is 0 Å². The van der Waals surface area contributed by atoms with Crippen molar-refractivity contribution in [1.82, 2.24) is 5.32 Å². The van der Waals surface area contributed by atoms with Crippen LogP contribution >= 0.6 is 0 Å². The molecule has 1 aromatic rings. The fraction of sp³-hybridized carbons (Fsp3) is 0.647. The van der Waals surface area contributed by atoms with Crippen molar-refractivity contribution < 1.29 is 5.11 Å². The van der Waals surface area contributed by atoms with Crippen LogP contribution in [-0.2, 0) is 6.42 Å². The first-order chi connectivity index (χ1) is 9.20. The summed E-state index contributed by atoms with van der Waals surface area (Å²) in [5, 5.41) is 14.0. The summed E-state index contributed by atoms with van der Waals surface area (Å²) in [4.78, 5) is 0. The number of rotatable bonds is 5. The highest BCUT2D eigenvalue weighted by Gasteiger charge is 2.27. The van der Waals surface area contributed by atoms with Crippen LogP contribution in [-0.4, -0.2) is 23.8 Å². The lowest BCUT2D eigenvalue weighted by Crippen LogP contribution is -2.40. The fourth-order valence-corrected chi connectivity index (χ4v) is 3.00. The van der Waals surface area contributed by atoms with Crippen molar-refractivity contribution in [3.05, 3.63) is 35.4 Å². The Balaban J connectivity index is 1.73. The minimum atomic E-state index is -0.456. The molecule has 2 rings (SSSR count). The molecule has 2 N–H and O–H groups in total.